The Balaban J connectivity index is 1.43. The van der Waals surface area contributed by atoms with Gasteiger partial charge in [0.2, 0.25) is 0 Å². The normalized spacial score (nSPS) is 18.4. The molecule has 0 N–H and O–H groups in total. The van der Waals surface area contributed by atoms with Crippen LogP contribution >= 0.6 is 0 Å². The van der Waals surface area contributed by atoms with Crippen molar-refractivity contribution in [3.8, 4) is 22.3 Å². The van der Waals surface area contributed by atoms with Gasteiger partial charge < -0.3 is 4.74 Å². The molecular weight excluding hydrogens is 395 g/mol. The van der Waals surface area contributed by atoms with Gasteiger partial charge in [-0.05, 0) is 83.4 Å². The molecule has 0 spiro atoms. The van der Waals surface area contributed by atoms with Crippen molar-refractivity contribution in [1.82, 2.24) is 0 Å². The molecule has 1 aliphatic carbocycles. The molecule has 0 radical (unpaired) electrons. The van der Waals surface area contributed by atoms with Gasteiger partial charge in [-0.3, -0.25) is 0 Å². The van der Waals surface area contributed by atoms with Crippen LogP contribution in [0.4, 0.5) is 4.39 Å². The summed E-state index contributed by atoms with van der Waals surface area (Å²) in [7, 11) is 0. The average molecular weight is 429 g/mol. The number of hydrogen-bond donors (Lipinski definition) is 0. The van der Waals surface area contributed by atoms with Crippen molar-refractivity contribution in [2.45, 2.75) is 51.6 Å². The first-order valence-corrected chi connectivity index (χ1v) is 11.9. The lowest BCUT2D eigenvalue weighted by atomic mass is 9.78. The summed E-state index contributed by atoms with van der Waals surface area (Å²) in [4.78, 5) is 0. The van der Waals surface area contributed by atoms with E-state index in [1.807, 2.05) is 6.07 Å². The molecule has 0 aromatic heterocycles. The Morgan fingerprint density at radius 2 is 1.41 bits per heavy atom. The minimum absolute atomic E-state index is 0.0745. The highest BCUT2D eigenvalue weighted by molar-refractivity contribution is 5.70. The first-order chi connectivity index (χ1) is 15.7. The van der Waals surface area contributed by atoms with Gasteiger partial charge in [0.25, 0.3) is 0 Å². The lowest BCUT2D eigenvalue weighted by Gasteiger charge is -2.27. The highest BCUT2D eigenvalue weighted by atomic mass is 19.1. The molecule has 3 aromatic rings. The third-order valence-corrected chi connectivity index (χ3v) is 6.67. The summed E-state index contributed by atoms with van der Waals surface area (Å²) >= 11 is 0. The monoisotopic (exact) mass is 428 g/mol. The summed E-state index contributed by atoms with van der Waals surface area (Å²) in [6.07, 6.45) is 7.41. The van der Waals surface area contributed by atoms with E-state index in [0.717, 1.165) is 61.0 Å². The van der Waals surface area contributed by atoms with Gasteiger partial charge in [-0.1, -0.05) is 73.7 Å². The third kappa shape index (κ3) is 5.37. The van der Waals surface area contributed by atoms with E-state index in [2.05, 4.69) is 74.2 Å². The van der Waals surface area contributed by atoms with Crippen molar-refractivity contribution in [2.75, 3.05) is 6.61 Å². The van der Waals surface area contributed by atoms with Crippen LogP contribution in [0.15, 0.2) is 79.4 Å². The predicted octanol–water partition coefficient (Wildman–Crippen LogP) is 8.55. The van der Waals surface area contributed by atoms with E-state index in [1.165, 1.54) is 11.1 Å². The second-order valence-electron chi connectivity index (χ2n) is 8.91. The fourth-order valence-corrected chi connectivity index (χ4v) is 4.69. The van der Waals surface area contributed by atoms with Crippen LogP contribution in [0.2, 0.25) is 0 Å². The van der Waals surface area contributed by atoms with E-state index in [-0.39, 0.29) is 5.82 Å². The number of rotatable bonds is 8. The van der Waals surface area contributed by atoms with Crippen LogP contribution in [0.1, 0.15) is 56.1 Å². The van der Waals surface area contributed by atoms with Gasteiger partial charge in [0.1, 0.15) is 5.82 Å². The Bertz CT molecular complexity index is 1010. The van der Waals surface area contributed by atoms with Crippen LogP contribution in [-0.4, -0.2) is 6.61 Å². The third-order valence-electron chi connectivity index (χ3n) is 6.67. The summed E-state index contributed by atoms with van der Waals surface area (Å²) in [5, 5.41) is 0. The molecule has 0 unspecified atom stereocenters. The Morgan fingerprint density at radius 3 is 1.97 bits per heavy atom. The van der Waals surface area contributed by atoms with Gasteiger partial charge in [0.15, 0.2) is 0 Å². The van der Waals surface area contributed by atoms with E-state index >= 15 is 0 Å². The second kappa shape index (κ2) is 10.7. The van der Waals surface area contributed by atoms with E-state index in [0.29, 0.717) is 18.4 Å². The zero-order valence-corrected chi connectivity index (χ0v) is 19.0. The smallest absolute Gasteiger partial charge is 0.127 e. The summed E-state index contributed by atoms with van der Waals surface area (Å²) in [6, 6.07) is 22.7. The van der Waals surface area contributed by atoms with Crippen molar-refractivity contribution in [2.24, 2.45) is 5.92 Å². The SMILES string of the molecule is C=CC1CCC(c2ccc(-c3ccc(-c4ccc(COCCC)cc4)cc3)cc2F)CC1. The van der Waals surface area contributed by atoms with E-state index in [1.54, 1.807) is 6.07 Å². The molecule has 1 aliphatic rings. The molecule has 0 amide bonds. The van der Waals surface area contributed by atoms with Crippen LogP contribution in [0.5, 0.6) is 0 Å². The van der Waals surface area contributed by atoms with Crippen molar-refractivity contribution >= 4 is 0 Å². The summed E-state index contributed by atoms with van der Waals surface area (Å²) < 4.78 is 20.6. The van der Waals surface area contributed by atoms with Crippen LogP contribution in [-0.2, 0) is 11.3 Å². The Morgan fingerprint density at radius 1 is 0.844 bits per heavy atom. The lowest BCUT2D eigenvalue weighted by molar-refractivity contribution is 0.121. The van der Waals surface area contributed by atoms with Crippen LogP contribution in [0.25, 0.3) is 22.3 Å². The number of hydrogen-bond acceptors (Lipinski definition) is 1. The minimum atomic E-state index is -0.0745. The molecule has 3 aromatic carbocycles. The maximum atomic E-state index is 15.0. The van der Waals surface area contributed by atoms with E-state index in [9.17, 15) is 4.39 Å². The summed E-state index contributed by atoms with van der Waals surface area (Å²) in [6.45, 7) is 7.47. The molecule has 2 heteroatoms. The quantitative estimate of drug-likeness (QED) is 0.258. The number of allylic oxidation sites excluding steroid dienone is 1. The van der Waals surface area contributed by atoms with Crippen molar-refractivity contribution in [3.63, 3.8) is 0 Å². The molecule has 0 saturated heterocycles. The van der Waals surface area contributed by atoms with Gasteiger partial charge in [0, 0.05) is 6.61 Å². The Labute approximate surface area is 192 Å². The van der Waals surface area contributed by atoms with E-state index in [4.69, 9.17) is 4.74 Å². The first kappa shape index (κ1) is 22.5. The van der Waals surface area contributed by atoms with Gasteiger partial charge >= 0.3 is 0 Å². The molecule has 0 aliphatic heterocycles. The number of halogens is 1. The maximum absolute atomic E-state index is 15.0. The summed E-state index contributed by atoms with van der Waals surface area (Å²) in [5.74, 6) is 0.852. The van der Waals surface area contributed by atoms with Gasteiger partial charge in [0.05, 0.1) is 6.61 Å². The first-order valence-electron chi connectivity index (χ1n) is 11.9. The van der Waals surface area contributed by atoms with Crippen LogP contribution in [0, 0.1) is 11.7 Å². The topological polar surface area (TPSA) is 9.23 Å². The van der Waals surface area contributed by atoms with Crippen molar-refractivity contribution < 1.29 is 9.13 Å². The standard InChI is InChI=1S/C30H33FO/c1-3-19-32-21-23-7-9-24(10-8-23)25-13-15-26(16-14-25)28-17-18-29(30(31)20-28)27-11-5-22(4-2)6-12-27/h4,7-10,13-18,20,22,27H,2-3,5-6,11-12,19,21H2,1H3. The molecule has 0 atom stereocenters. The highest BCUT2D eigenvalue weighted by Gasteiger charge is 2.23. The molecule has 0 heterocycles. The lowest BCUT2D eigenvalue weighted by Crippen LogP contribution is -2.12. The van der Waals surface area contributed by atoms with E-state index < -0.39 is 0 Å². The highest BCUT2D eigenvalue weighted by Crippen LogP contribution is 2.38. The zero-order chi connectivity index (χ0) is 22.3. The Kier molecular flexibility index (Phi) is 7.55. The molecule has 1 saturated carbocycles. The largest absolute Gasteiger partial charge is 0.377 e. The maximum Gasteiger partial charge on any atom is 0.127 e. The number of ether oxygens (including phenoxy) is 1. The predicted molar refractivity (Wildman–Crippen MR) is 132 cm³/mol. The molecule has 0 bridgehead atoms. The van der Waals surface area contributed by atoms with Crippen molar-refractivity contribution in [3.05, 3.63) is 96.3 Å². The minimum Gasteiger partial charge on any atom is -0.377 e. The molecule has 1 fully saturated rings. The molecule has 166 valence electrons. The van der Waals surface area contributed by atoms with Crippen LogP contribution in [0.3, 0.4) is 0 Å². The summed E-state index contributed by atoms with van der Waals surface area (Å²) in [5.41, 5.74) is 6.36. The van der Waals surface area contributed by atoms with Gasteiger partial charge in [-0.25, -0.2) is 4.39 Å². The zero-order valence-electron chi connectivity index (χ0n) is 19.0. The van der Waals surface area contributed by atoms with Gasteiger partial charge in [-0.2, -0.15) is 0 Å². The van der Waals surface area contributed by atoms with Crippen LogP contribution < -0.4 is 0 Å². The fourth-order valence-electron chi connectivity index (χ4n) is 4.69. The number of benzene rings is 3. The average Bonchev–Trinajstić information content (AvgIpc) is 2.85. The fraction of sp³-hybridized carbons (Fsp3) is 0.333. The van der Waals surface area contributed by atoms with Gasteiger partial charge in [-0.15, -0.1) is 6.58 Å². The molecule has 1 nitrogen and oxygen atoms in total. The molecular formula is C30H33FO. The molecule has 4 rings (SSSR count). The second-order valence-corrected chi connectivity index (χ2v) is 8.91. The Hall–Kier alpha value is -2.71. The molecule has 32 heavy (non-hydrogen) atoms. The van der Waals surface area contributed by atoms with Crippen molar-refractivity contribution in [1.29, 1.82) is 0 Å².